The van der Waals surface area contributed by atoms with Crippen molar-refractivity contribution in [2.75, 3.05) is 7.11 Å². The second-order valence-electron chi connectivity index (χ2n) is 9.16. The van der Waals surface area contributed by atoms with Crippen LogP contribution in [0, 0.1) is 17.0 Å². The van der Waals surface area contributed by atoms with E-state index in [1.54, 1.807) is 20.8 Å². The van der Waals surface area contributed by atoms with Crippen molar-refractivity contribution in [1.29, 1.82) is 0 Å². The lowest BCUT2D eigenvalue weighted by Crippen LogP contribution is -2.52. The molecule has 0 saturated carbocycles. The van der Waals surface area contributed by atoms with Gasteiger partial charge in [-0.15, -0.1) is 0 Å². The number of aliphatic carboxylic acids is 1. The van der Waals surface area contributed by atoms with Crippen LogP contribution >= 0.6 is 0 Å². The second-order valence-corrected chi connectivity index (χ2v) is 11.1. The molecular formula is C26H26F2O6S. The predicted octanol–water partition coefficient (Wildman–Crippen LogP) is 5.74. The molecule has 35 heavy (non-hydrogen) atoms. The molecule has 1 atom stereocenters. The van der Waals surface area contributed by atoms with Crippen LogP contribution in [-0.2, 0) is 14.6 Å². The quantitative estimate of drug-likeness (QED) is 0.441. The maximum atomic E-state index is 15.1. The standard InChI is InChI=1S/C26H26F2O6S/c1-25(2,3)26(4,24(29)30)34-22-12-7-17(27)15-20(22)16-6-13-23(21(28)14-16)35(31,32)19-10-8-18(33-5)9-11-19/h6-15H,1-5H3,(H,29,30)/t26-/m1/s1. The highest BCUT2D eigenvalue weighted by Gasteiger charge is 2.47. The summed E-state index contributed by atoms with van der Waals surface area (Å²) in [6, 6.07) is 12.3. The first kappa shape index (κ1) is 26.2. The molecule has 0 aliphatic carbocycles. The SMILES string of the molecule is COc1ccc(S(=O)(=O)c2ccc(-c3cc(F)ccc3O[C@](C)(C(=O)O)C(C)(C)C)cc2F)cc1. The third kappa shape index (κ3) is 5.00. The summed E-state index contributed by atoms with van der Waals surface area (Å²) in [6.45, 7) is 6.45. The predicted molar refractivity (Wildman–Crippen MR) is 126 cm³/mol. The van der Waals surface area contributed by atoms with E-state index >= 15 is 4.39 Å². The van der Waals surface area contributed by atoms with Gasteiger partial charge in [0, 0.05) is 11.0 Å². The molecule has 3 rings (SSSR count). The van der Waals surface area contributed by atoms with Gasteiger partial charge >= 0.3 is 5.97 Å². The molecule has 186 valence electrons. The fourth-order valence-electron chi connectivity index (χ4n) is 3.32. The Morgan fingerprint density at radius 1 is 0.914 bits per heavy atom. The van der Waals surface area contributed by atoms with E-state index in [9.17, 15) is 22.7 Å². The van der Waals surface area contributed by atoms with Gasteiger partial charge in [0.25, 0.3) is 0 Å². The minimum absolute atomic E-state index is 0.0105. The first-order chi connectivity index (χ1) is 16.2. The average molecular weight is 505 g/mol. The van der Waals surface area contributed by atoms with E-state index in [0.717, 1.165) is 24.3 Å². The Labute approximate surface area is 203 Å². The van der Waals surface area contributed by atoms with Crippen molar-refractivity contribution in [1.82, 2.24) is 0 Å². The van der Waals surface area contributed by atoms with E-state index in [4.69, 9.17) is 9.47 Å². The smallest absolute Gasteiger partial charge is 0.348 e. The lowest BCUT2D eigenvalue weighted by Gasteiger charge is -2.38. The molecule has 0 saturated heterocycles. The molecular weight excluding hydrogens is 478 g/mol. The number of ether oxygens (including phenoxy) is 2. The van der Waals surface area contributed by atoms with Crippen molar-refractivity contribution in [3.63, 3.8) is 0 Å². The molecule has 0 radical (unpaired) electrons. The highest BCUT2D eigenvalue weighted by atomic mass is 32.2. The second kappa shape index (κ2) is 9.30. The summed E-state index contributed by atoms with van der Waals surface area (Å²) >= 11 is 0. The van der Waals surface area contributed by atoms with Crippen molar-refractivity contribution >= 4 is 15.8 Å². The lowest BCUT2D eigenvalue weighted by molar-refractivity contribution is -0.163. The fourth-order valence-corrected chi connectivity index (χ4v) is 4.63. The number of methoxy groups -OCH3 is 1. The van der Waals surface area contributed by atoms with Gasteiger partial charge in [-0.05, 0) is 67.1 Å². The van der Waals surface area contributed by atoms with E-state index in [2.05, 4.69) is 0 Å². The van der Waals surface area contributed by atoms with Crippen LogP contribution < -0.4 is 9.47 Å². The van der Waals surface area contributed by atoms with Crippen LogP contribution in [-0.4, -0.2) is 32.2 Å². The van der Waals surface area contributed by atoms with Crippen LogP contribution in [0.25, 0.3) is 11.1 Å². The van der Waals surface area contributed by atoms with Crippen LogP contribution in [0.15, 0.2) is 70.5 Å². The average Bonchev–Trinajstić information content (AvgIpc) is 2.79. The van der Waals surface area contributed by atoms with Gasteiger partial charge in [-0.25, -0.2) is 22.0 Å². The van der Waals surface area contributed by atoms with E-state index in [1.807, 2.05) is 0 Å². The van der Waals surface area contributed by atoms with Crippen LogP contribution in [0.1, 0.15) is 27.7 Å². The number of sulfone groups is 1. The van der Waals surface area contributed by atoms with E-state index < -0.39 is 43.4 Å². The minimum Gasteiger partial charge on any atom is -0.497 e. The van der Waals surface area contributed by atoms with E-state index in [-0.39, 0.29) is 21.8 Å². The Morgan fingerprint density at radius 2 is 1.54 bits per heavy atom. The maximum Gasteiger partial charge on any atom is 0.348 e. The van der Waals surface area contributed by atoms with Crippen LogP contribution in [0.4, 0.5) is 8.78 Å². The van der Waals surface area contributed by atoms with Gasteiger partial charge < -0.3 is 14.6 Å². The zero-order chi connectivity index (χ0) is 26.2. The molecule has 0 aliphatic heterocycles. The minimum atomic E-state index is -4.18. The molecule has 0 fully saturated rings. The van der Waals surface area contributed by atoms with Crippen LogP contribution in [0.3, 0.4) is 0 Å². The summed E-state index contributed by atoms with van der Waals surface area (Å²) in [5.41, 5.74) is -2.36. The van der Waals surface area contributed by atoms with Gasteiger partial charge in [-0.3, -0.25) is 0 Å². The van der Waals surface area contributed by atoms with Crippen molar-refractivity contribution in [2.45, 2.75) is 43.1 Å². The number of carboxylic acid groups (broad SMARTS) is 1. The maximum absolute atomic E-state index is 15.1. The Kier molecular flexibility index (Phi) is 6.95. The molecule has 0 spiro atoms. The number of halogens is 2. The number of carbonyl (C=O) groups is 1. The summed E-state index contributed by atoms with van der Waals surface area (Å²) in [7, 11) is -2.75. The fraction of sp³-hybridized carbons (Fsp3) is 0.269. The number of benzene rings is 3. The normalized spacial score (nSPS) is 13.7. The van der Waals surface area contributed by atoms with Crippen molar-refractivity contribution < 1.29 is 36.6 Å². The molecule has 3 aromatic carbocycles. The molecule has 1 N–H and O–H groups in total. The van der Waals surface area contributed by atoms with E-state index in [0.29, 0.717) is 5.75 Å². The summed E-state index contributed by atoms with van der Waals surface area (Å²) in [5.74, 6) is -2.48. The molecule has 0 unspecified atom stereocenters. The molecule has 0 amide bonds. The van der Waals surface area contributed by atoms with Crippen LogP contribution in [0.5, 0.6) is 11.5 Å². The van der Waals surface area contributed by atoms with Gasteiger partial charge in [-0.2, -0.15) is 0 Å². The highest BCUT2D eigenvalue weighted by molar-refractivity contribution is 7.91. The monoisotopic (exact) mass is 504 g/mol. The number of rotatable bonds is 7. The van der Waals surface area contributed by atoms with Crippen molar-refractivity contribution in [2.24, 2.45) is 5.41 Å². The van der Waals surface area contributed by atoms with Crippen molar-refractivity contribution in [3.8, 4) is 22.6 Å². The highest BCUT2D eigenvalue weighted by Crippen LogP contribution is 2.40. The molecule has 6 nitrogen and oxygen atoms in total. The van der Waals surface area contributed by atoms with Crippen LogP contribution in [0.2, 0.25) is 0 Å². The Morgan fingerprint density at radius 3 is 2.06 bits per heavy atom. The van der Waals surface area contributed by atoms with Gasteiger partial charge in [0.05, 0.1) is 12.0 Å². The lowest BCUT2D eigenvalue weighted by atomic mass is 9.77. The number of hydrogen-bond donors (Lipinski definition) is 1. The molecule has 3 aromatic rings. The Balaban J connectivity index is 2.08. The zero-order valence-electron chi connectivity index (χ0n) is 19.9. The summed E-state index contributed by atoms with van der Waals surface area (Å²) in [6.07, 6.45) is 0. The number of carboxylic acids is 1. The molecule has 0 aliphatic rings. The van der Waals surface area contributed by atoms with Gasteiger partial charge in [-0.1, -0.05) is 26.8 Å². The van der Waals surface area contributed by atoms with Crippen molar-refractivity contribution in [3.05, 3.63) is 72.3 Å². The number of hydrogen-bond acceptors (Lipinski definition) is 5. The first-order valence-electron chi connectivity index (χ1n) is 10.6. The van der Waals surface area contributed by atoms with Gasteiger partial charge in [0.2, 0.25) is 15.4 Å². The Hall–Kier alpha value is -3.46. The molecule has 0 bridgehead atoms. The van der Waals surface area contributed by atoms with Gasteiger partial charge in [0.15, 0.2) is 0 Å². The third-order valence-electron chi connectivity index (χ3n) is 6.00. The molecule has 0 aromatic heterocycles. The third-order valence-corrected chi connectivity index (χ3v) is 7.80. The molecule has 9 heteroatoms. The summed E-state index contributed by atoms with van der Waals surface area (Å²) in [5, 5.41) is 9.82. The zero-order valence-corrected chi connectivity index (χ0v) is 20.7. The van der Waals surface area contributed by atoms with E-state index in [1.165, 1.54) is 50.4 Å². The Bertz CT molecular complexity index is 1360. The van der Waals surface area contributed by atoms with Gasteiger partial charge in [0.1, 0.15) is 28.0 Å². The summed E-state index contributed by atoms with van der Waals surface area (Å²) < 4.78 is 66.1. The molecule has 0 heterocycles. The largest absolute Gasteiger partial charge is 0.497 e. The first-order valence-corrected chi connectivity index (χ1v) is 12.1. The summed E-state index contributed by atoms with van der Waals surface area (Å²) in [4.78, 5) is 11.4. The topological polar surface area (TPSA) is 89.9 Å².